The van der Waals surface area contributed by atoms with E-state index in [1.54, 1.807) is 26.0 Å². The molecule has 3 N–H and O–H groups in total. The van der Waals surface area contributed by atoms with Crippen LogP contribution in [0.25, 0.3) is 11.4 Å². The first-order valence-corrected chi connectivity index (χ1v) is 15.3. The molecule has 0 amide bonds. The van der Waals surface area contributed by atoms with Gasteiger partial charge < -0.3 is 9.84 Å². The number of nitrogens with zero attached hydrogens (tertiary/aromatic N) is 2. The van der Waals surface area contributed by atoms with Crippen LogP contribution in [0.2, 0.25) is 30.1 Å². The van der Waals surface area contributed by atoms with Crippen molar-refractivity contribution in [3.05, 3.63) is 120 Å². The highest BCUT2D eigenvalue weighted by Crippen LogP contribution is 2.42. The molecule has 0 aliphatic carbocycles. The minimum Gasteiger partial charge on any atom is -0.503 e. The molecule has 0 atom stereocenters. The lowest BCUT2D eigenvalue weighted by Gasteiger charge is -2.18. The lowest BCUT2D eigenvalue weighted by Crippen LogP contribution is -2.26. The summed E-state index contributed by atoms with van der Waals surface area (Å²) in [5, 5.41) is 17.7. The summed E-state index contributed by atoms with van der Waals surface area (Å²) in [4.78, 5) is 28.5. The van der Waals surface area contributed by atoms with Crippen LogP contribution in [0, 0.1) is 13.8 Å². The highest BCUT2D eigenvalue weighted by Gasteiger charge is 2.33. The van der Waals surface area contributed by atoms with Crippen molar-refractivity contribution in [2.24, 2.45) is 0 Å². The van der Waals surface area contributed by atoms with E-state index in [1.807, 2.05) is 0 Å². The Balaban J connectivity index is 1.86. The molecule has 0 fully saturated rings. The van der Waals surface area contributed by atoms with Crippen molar-refractivity contribution in [1.82, 2.24) is 19.6 Å². The number of phenolic OH excluding ortho intramolecular Hbond substituents is 1. The van der Waals surface area contributed by atoms with Gasteiger partial charge in [-0.1, -0.05) is 69.6 Å². The molecule has 3 aromatic carbocycles. The fourth-order valence-corrected chi connectivity index (χ4v) is 7.44. The number of aromatic hydroxyl groups is 1. The summed E-state index contributed by atoms with van der Waals surface area (Å²) in [5.41, 5.74) is 0.945. The first kappa shape index (κ1) is 31.9. The third-order valence-corrected chi connectivity index (χ3v) is 9.02. The van der Waals surface area contributed by atoms with E-state index in [0.29, 0.717) is 17.0 Å². The zero-order chi connectivity index (χ0) is 31.5. The van der Waals surface area contributed by atoms with Crippen LogP contribution in [-0.2, 0) is 0 Å². The molecule has 43 heavy (non-hydrogen) atoms. The lowest BCUT2D eigenvalue weighted by molar-refractivity contribution is 0.371. The van der Waals surface area contributed by atoms with E-state index in [4.69, 9.17) is 74.3 Å². The Bertz CT molecular complexity index is 1890. The first-order valence-electron chi connectivity index (χ1n) is 12.2. The molecule has 0 aliphatic heterocycles. The number of aryl methyl sites for hydroxylation is 2. The van der Waals surface area contributed by atoms with Crippen LogP contribution in [0.3, 0.4) is 0 Å². The summed E-state index contributed by atoms with van der Waals surface area (Å²) in [5.74, 6) is -1.05. The van der Waals surface area contributed by atoms with Crippen LogP contribution in [0.4, 0.5) is 0 Å². The Labute approximate surface area is 282 Å². The van der Waals surface area contributed by atoms with Crippen LogP contribution in [0.5, 0.6) is 11.5 Å². The normalized spacial score (nSPS) is 11.5. The average Bonchev–Trinajstić information content (AvgIpc) is 3.35. The monoisotopic (exact) mass is 764 g/mol. The van der Waals surface area contributed by atoms with Crippen LogP contribution < -0.4 is 15.9 Å². The van der Waals surface area contributed by atoms with Crippen molar-refractivity contribution in [3.63, 3.8) is 0 Å². The Morgan fingerprint density at radius 1 is 0.744 bits per heavy atom. The number of H-pyrrole nitrogens is 2. The molecular formula is C28H19BrCl6N4O4. The molecule has 0 spiro atoms. The second-order valence-electron chi connectivity index (χ2n) is 9.50. The molecule has 5 rings (SSSR count). The van der Waals surface area contributed by atoms with Gasteiger partial charge in [0.05, 0.1) is 42.8 Å². The van der Waals surface area contributed by atoms with E-state index in [1.165, 1.54) is 40.7 Å². The van der Waals surface area contributed by atoms with Crippen molar-refractivity contribution in [3.8, 4) is 22.9 Å². The van der Waals surface area contributed by atoms with Crippen molar-refractivity contribution in [2.75, 3.05) is 7.11 Å². The van der Waals surface area contributed by atoms with Crippen molar-refractivity contribution in [2.45, 2.75) is 19.8 Å². The quantitative estimate of drug-likeness (QED) is 0.161. The molecular weight excluding hydrogens is 749 g/mol. The Hall–Kier alpha value is -2.50. The SMILES string of the molecule is COc1cc(C(c2c(C)[nH]n(-c3c(Cl)cc(Cl)cc3Cl)c2=O)c2c(C)[nH]n(-c3c(Cl)cc(Cl)cc3Cl)c2=O)cc(Br)c1O. The van der Waals surface area contributed by atoms with Gasteiger partial charge in [0.2, 0.25) is 0 Å². The second-order valence-corrected chi connectivity index (χ2v) is 12.9. The van der Waals surface area contributed by atoms with Crippen LogP contribution in [-0.4, -0.2) is 31.8 Å². The number of phenols is 1. The molecule has 0 radical (unpaired) electrons. The average molecular weight is 768 g/mol. The number of aromatic amines is 2. The van der Waals surface area contributed by atoms with Gasteiger partial charge >= 0.3 is 0 Å². The fourth-order valence-electron chi connectivity index (χ4n) is 5.00. The van der Waals surface area contributed by atoms with Gasteiger partial charge in [-0.05, 0) is 71.7 Å². The maximum absolute atomic E-state index is 14.2. The highest BCUT2D eigenvalue weighted by molar-refractivity contribution is 9.10. The third kappa shape index (κ3) is 5.61. The maximum Gasteiger partial charge on any atom is 0.275 e. The zero-order valence-corrected chi connectivity index (χ0v) is 28.4. The molecule has 0 saturated carbocycles. The summed E-state index contributed by atoms with van der Waals surface area (Å²) in [6.45, 7) is 3.36. The second kappa shape index (κ2) is 12.1. The third-order valence-electron chi connectivity index (χ3n) is 6.83. The number of hydrogen-bond donors (Lipinski definition) is 3. The number of aromatic nitrogens is 4. The largest absolute Gasteiger partial charge is 0.503 e. The molecule has 224 valence electrons. The van der Waals surface area contributed by atoms with E-state index in [0.717, 1.165) is 0 Å². The standard InChI is InChI=1S/C28H19BrCl6N4O4/c1-10-21(27(41)38(36-10)24-16(32)6-13(30)7-17(24)33)23(12-4-15(29)26(40)20(5-12)43-3)22-11(2)37-39(28(22)42)25-18(34)8-14(31)9-19(25)35/h4-9,23,36-37,40H,1-3H3. The minimum absolute atomic E-state index is 0.115. The maximum atomic E-state index is 14.2. The number of methoxy groups -OCH3 is 1. The van der Waals surface area contributed by atoms with Crippen LogP contribution >= 0.6 is 85.5 Å². The van der Waals surface area contributed by atoms with Crippen LogP contribution in [0.1, 0.15) is 34.0 Å². The number of nitrogens with one attached hydrogen (secondary N) is 2. The summed E-state index contributed by atoms with van der Waals surface area (Å²) < 4.78 is 8.05. The minimum atomic E-state index is -1.00. The molecule has 2 heterocycles. The van der Waals surface area contributed by atoms with E-state index >= 15 is 0 Å². The molecule has 15 heteroatoms. The van der Waals surface area contributed by atoms with Gasteiger partial charge in [-0.25, -0.2) is 9.36 Å². The molecule has 0 unspecified atom stereocenters. The predicted octanol–water partition coefficient (Wildman–Crippen LogP) is 8.84. The summed E-state index contributed by atoms with van der Waals surface area (Å²) in [7, 11) is 1.39. The number of benzene rings is 3. The molecule has 0 aliphatic rings. The Morgan fingerprint density at radius 3 is 1.51 bits per heavy atom. The number of hydrogen-bond acceptors (Lipinski definition) is 4. The van der Waals surface area contributed by atoms with E-state index in [9.17, 15) is 14.7 Å². The molecule has 0 bridgehead atoms. The molecule has 5 aromatic rings. The molecule has 0 saturated heterocycles. The highest BCUT2D eigenvalue weighted by atomic mass is 79.9. The van der Waals surface area contributed by atoms with Gasteiger partial charge in [0.1, 0.15) is 11.4 Å². The summed E-state index contributed by atoms with van der Waals surface area (Å²) in [6, 6.07) is 8.98. The first-order chi connectivity index (χ1) is 20.2. The van der Waals surface area contributed by atoms with E-state index in [-0.39, 0.29) is 68.6 Å². The van der Waals surface area contributed by atoms with Gasteiger partial charge in [-0.3, -0.25) is 19.8 Å². The topological polar surface area (TPSA) is 105 Å². The Kier molecular flexibility index (Phi) is 9.00. The molecule has 2 aromatic heterocycles. The van der Waals surface area contributed by atoms with Crippen LogP contribution in [0.15, 0.2) is 50.5 Å². The van der Waals surface area contributed by atoms with Crippen molar-refractivity contribution in [1.29, 1.82) is 0 Å². The number of rotatable bonds is 6. The van der Waals surface area contributed by atoms with Gasteiger partial charge in [0.15, 0.2) is 11.5 Å². The number of ether oxygens (including phenoxy) is 1. The van der Waals surface area contributed by atoms with E-state index < -0.39 is 17.0 Å². The predicted molar refractivity (Wildman–Crippen MR) is 176 cm³/mol. The Morgan fingerprint density at radius 2 is 1.14 bits per heavy atom. The molecule has 8 nitrogen and oxygen atoms in total. The lowest BCUT2D eigenvalue weighted by atomic mass is 9.85. The zero-order valence-electron chi connectivity index (χ0n) is 22.3. The van der Waals surface area contributed by atoms with Crippen molar-refractivity contribution >= 4 is 85.5 Å². The van der Waals surface area contributed by atoms with Gasteiger partial charge in [0.25, 0.3) is 11.1 Å². The van der Waals surface area contributed by atoms with Gasteiger partial charge in [-0.15, -0.1) is 0 Å². The fraction of sp³-hybridized carbons (Fsp3) is 0.143. The van der Waals surface area contributed by atoms with E-state index in [2.05, 4.69) is 26.1 Å². The summed E-state index contributed by atoms with van der Waals surface area (Å²) >= 11 is 41.4. The number of halogens is 7. The van der Waals surface area contributed by atoms with Gasteiger partial charge in [-0.2, -0.15) is 0 Å². The van der Waals surface area contributed by atoms with Crippen molar-refractivity contribution < 1.29 is 9.84 Å². The smallest absolute Gasteiger partial charge is 0.275 e. The summed E-state index contributed by atoms with van der Waals surface area (Å²) in [6.07, 6.45) is 0. The van der Waals surface area contributed by atoms with Gasteiger partial charge in [0, 0.05) is 27.4 Å².